The second kappa shape index (κ2) is 7.66. The SMILES string of the molecule is C#CC[C@H](O[C@@H]1OCCC[C@H]1I)C1=C(C)CCCC1. The largest absolute Gasteiger partial charge is 0.352 e. The predicted octanol–water partition coefficient (Wildman–Crippen LogP) is 4.23. The van der Waals surface area contributed by atoms with Crippen molar-refractivity contribution >= 4 is 22.6 Å². The summed E-state index contributed by atoms with van der Waals surface area (Å²) in [5.74, 6) is 2.77. The molecule has 1 fully saturated rings. The third kappa shape index (κ3) is 4.21. The summed E-state index contributed by atoms with van der Waals surface area (Å²) in [4.78, 5) is 0. The zero-order valence-electron chi connectivity index (χ0n) is 11.7. The number of hydrogen-bond donors (Lipinski definition) is 0. The van der Waals surface area contributed by atoms with Crippen molar-refractivity contribution in [3.8, 4) is 12.3 Å². The van der Waals surface area contributed by atoms with Gasteiger partial charge >= 0.3 is 0 Å². The van der Waals surface area contributed by atoms with E-state index in [9.17, 15) is 0 Å². The van der Waals surface area contributed by atoms with Crippen LogP contribution in [0.2, 0.25) is 0 Å². The molecule has 3 atom stereocenters. The highest BCUT2D eigenvalue weighted by atomic mass is 127. The molecule has 1 aliphatic carbocycles. The standard InChI is InChI=1S/C16H23IO2/c1-3-7-15(13-9-5-4-8-12(13)2)19-16-14(17)10-6-11-18-16/h1,14-16H,4-11H2,2H3/t14-,15+,16+/m1/s1. The Bertz CT molecular complexity index is 369. The smallest absolute Gasteiger partial charge is 0.170 e. The molecule has 0 aromatic carbocycles. The zero-order chi connectivity index (χ0) is 13.7. The maximum absolute atomic E-state index is 6.22. The number of rotatable bonds is 4. The number of hydrogen-bond acceptors (Lipinski definition) is 2. The first-order valence-corrected chi connectivity index (χ1v) is 8.50. The molecule has 2 aliphatic rings. The molecule has 1 saturated heterocycles. The van der Waals surface area contributed by atoms with Crippen LogP contribution in [0.1, 0.15) is 51.9 Å². The monoisotopic (exact) mass is 374 g/mol. The number of halogens is 1. The fourth-order valence-electron chi connectivity index (χ4n) is 2.88. The van der Waals surface area contributed by atoms with Crippen molar-refractivity contribution in [2.75, 3.05) is 6.61 Å². The van der Waals surface area contributed by atoms with Gasteiger partial charge in [-0.2, -0.15) is 0 Å². The molecule has 0 amide bonds. The van der Waals surface area contributed by atoms with E-state index >= 15 is 0 Å². The molecule has 3 heteroatoms. The quantitative estimate of drug-likeness (QED) is 0.317. The van der Waals surface area contributed by atoms with E-state index in [1.165, 1.54) is 36.8 Å². The van der Waals surface area contributed by atoms with Gasteiger partial charge in [0, 0.05) is 13.0 Å². The summed E-state index contributed by atoms with van der Waals surface area (Å²) in [5.41, 5.74) is 2.91. The van der Waals surface area contributed by atoms with Crippen LogP contribution in [0.3, 0.4) is 0 Å². The third-order valence-corrected chi connectivity index (χ3v) is 5.20. The van der Waals surface area contributed by atoms with Gasteiger partial charge in [0.25, 0.3) is 0 Å². The Morgan fingerprint density at radius 3 is 2.89 bits per heavy atom. The Hall–Kier alpha value is -0.0500. The van der Waals surface area contributed by atoms with Crippen LogP contribution in [0.15, 0.2) is 11.1 Å². The third-order valence-electron chi connectivity index (χ3n) is 3.99. The number of alkyl halides is 1. The fraction of sp³-hybridized carbons (Fsp3) is 0.750. The van der Waals surface area contributed by atoms with Gasteiger partial charge in [0.05, 0.1) is 10.0 Å². The molecule has 2 rings (SSSR count). The average molecular weight is 374 g/mol. The van der Waals surface area contributed by atoms with Crippen molar-refractivity contribution in [3.05, 3.63) is 11.1 Å². The molecule has 0 aromatic rings. The van der Waals surface area contributed by atoms with Crippen LogP contribution < -0.4 is 0 Å². The Morgan fingerprint density at radius 2 is 2.21 bits per heavy atom. The van der Waals surface area contributed by atoms with Gasteiger partial charge in [-0.05, 0) is 51.0 Å². The molecule has 2 nitrogen and oxygen atoms in total. The maximum atomic E-state index is 6.22. The van der Waals surface area contributed by atoms with Crippen LogP contribution in [0, 0.1) is 12.3 Å². The molecule has 0 aromatic heterocycles. The van der Waals surface area contributed by atoms with E-state index in [1.54, 1.807) is 0 Å². The number of allylic oxidation sites excluding steroid dienone is 1. The average Bonchev–Trinajstić information content (AvgIpc) is 2.41. The Labute approximate surface area is 130 Å². The second-order valence-electron chi connectivity index (χ2n) is 5.44. The van der Waals surface area contributed by atoms with E-state index in [-0.39, 0.29) is 12.4 Å². The summed E-state index contributed by atoms with van der Waals surface area (Å²) in [6.45, 7) is 3.04. The molecular formula is C16H23IO2. The summed E-state index contributed by atoms with van der Waals surface area (Å²) in [6.07, 6.45) is 13.4. The van der Waals surface area contributed by atoms with Gasteiger partial charge in [0.15, 0.2) is 6.29 Å². The topological polar surface area (TPSA) is 18.5 Å². The molecule has 1 heterocycles. The lowest BCUT2D eigenvalue weighted by molar-refractivity contribution is -0.173. The van der Waals surface area contributed by atoms with Gasteiger partial charge in [0.1, 0.15) is 0 Å². The molecule has 0 saturated carbocycles. The second-order valence-corrected chi connectivity index (χ2v) is 7.04. The van der Waals surface area contributed by atoms with Gasteiger partial charge in [-0.3, -0.25) is 0 Å². The van der Waals surface area contributed by atoms with E-state index < -0.39 is 0 Å². The van der Waals surface area contributed by atoms with Crippen molar-refractivity contribution in [3.63, 3.8) is 0 Å². The minimum Gasteiger partial charge on any atom is -0.352 e. The van der Waals surface area contributed by atoms with Crippen molar-refractivity contribution in [1.29, 1.82) is 0 Å². The highest BCUT2D eigenvalue weighted by molar-refractivity contribution is 14.1. The minimum atomic E-state index is -0.0880. The van der Waals surface area contributed by atoms with Gasteiger partial charge in [-0.15, -0.1) is 12.3 Å². The first-order chi connectivity index (χ1) is 9.22. The minimum absolute atomic E-state index is 0.0608. The molecular weight excluding hydrogens is 351 g/mol. The van der Waals surface area contributed by atoms with Gasteiger partial charge in [-0.25, -0.2) is 0 Å². The Kier molecular flexibility index (Phi) is 6.18. The van der Waals surface area contributed by atoms with Gasteiger partial charge in [0.2, 0.25) is 0 Å². The van der Waals surface area contributed by atoms with Crippen LogP contribution in [-0.4, -0.2) is 22.9 Å². The summed E-state index contributed by atoms with van der Waals surface area (Å²) >= 11 is 2.44. The van der Waals surface area contributed by atoms with Crippen molar-refractivity contribution < 1.29 is 9.47 Å². The molecule has 0 spiro atoms. The molecule has 0 bridgehead atoms. The van der Waals surface area contributed by atoms with Crippen molar-refractivity contribution in [2.24, 2.45) is 0 Å². The molecule has 19 heavy (non-hydrogen) atoms. The molecule has 106 valence electrons. The summed E-state index contributed by atoms with van der Waals surface area (Å²) < 4.78 is 12.4. The predicted molar refractivity (Wildman–Crippen MR) is 86.3 cm³/mol. The molecule has 0 N–H and O–H groups in total. The van der Waals surface area contributed by atoms with Crippen LogP contribution in [0.4, 0.5) is 0 Å². The Morgan fingerprint density at radius 1 is 1.42 bits per heavy atom. The highest BCUT2D eigenvalue weighted by Crippen LogP contribution is 2.32. The van der Waals surface area contributed by atoms with Crippen LogP contribution >= 0.6 is 22.6 Å². The molecule has 0 radical (unpaired) electrons. The van der Waals surface area contributed by atoms with Crippen LogP contribution in [-0.2, 0) is 9.47 Å². The molecule has 1 aliphatic heterocycles. The number of ether oxygens (including phenoxy) is 2. The zero-order valence-corrected chi connectivity index (χ0v) is 13.8. The van der Waals surface area contributed by atoms with E-state index in [0.29, 0.717) is 10.3 Å². The van der Waals surface area contributed by atoms with E-state index in [4.69, 9.17) is 15.9 Å². The summed E-state index contributed by atoms with van der Waals surface area (Å²) in [6, 6.07) is 0. The number of terminal acetylenes is 1. The highest BCUT2D eigenvalue weighted by Gasteiger charge is 2.29. The lowest BCUT2D eigenvalue weighted by Gasteiger charge is -2.33. The fourth-order valence-corrected chi connectivity index (χ4v) is 3.70. The first-order valence-electron chi connectivity index (χ1n) is 7.25. The van der Waals surface area contributed by atoms with Crippen molar-refractivity contribution in [1.82, 2.24) is 0 Å². The van der Waals surface area contributed by atoms with Crippen molar-refractivity contribution in [2.45, 2.75) is 68.2 Å². The van der Waals surface area contributed by atoms with E-state index in [1.807, 2.05) is 0 Å². The first kappa shape index (κ1) is 15.3. The van der Waals surface area contributed by atoms with E-state index in [0.717, 1.165) is 19.4 Å². The maximum Gasteiger partial charge on any atom is 0.170 e. The van der Waals surface area contributed by atoms with E-state index in [2.05, 4.69) is 35.4 Å². The molecule has 0 unspecified atom stereocenters. The normalized spacial score (nSPS) is 29.9. The summed E-state index contributed by atoms with van der Waals surface area (Å²) in [7, 11) is 0. The lowest BCUT2D eigenvalue weighted by atomic mass is 9.88. The van der Waals surface area contributed by atoms with Gasteiger partial charge < -0.3 is 9.47 Å². The van der Waals surface area contributed by atoms with Crippen LogP contribution in [0.5, 0.6) is 0 Å². The van der Waals surface area contributed by atoms with Gasteiger partial charge in [-0.1, -0.05) is 28.2 Å². The van der Waals surface area contributed by atoms with Crippen LogP contribution in [0.25, 0.3) is 0 Å². The summed E-state index contributed by atoms with van der Waals surface area (Å²) in [5, 5.41) is 0. The lowest BCUT2D eigenvalue weighted by Crippen LogP contribution is -2.36. The Balaban J connectivity index is 2.05.